The second-order valence-electron chi connectivity index (χ2n) is 4.45. The lowest BCUT2D eigenvalue weighted by atomic mass is 9.99. The Morgan fingerprint density at radius 2 is 2.20 bits per heavy atom. The molecule has 1 nitrogen and oxygen atoms in total. The van der Waals surface area contributed by atoms with Gasteiger partial charge in [-0.3, -0.25) is 0 Å². The third-order valence-electron chi connectivity index (χ3n) is 3.01. The first-order chi connectivity index (χ1) is 7.20. The number of allylic oxidation sites excluding steroid dienone is 2. The first kappa shape index (κ1) is 10.3. The number of fused-ring (bicyclic) bond motifs is 1. The average Bonchev–Trinajstić information content (AvgIpc) is 2.60. The van der Waals surface area contributed by atoms with Crippen LogP contribution in [0.2, 0.25) is 0 Å². The van der Waals surface area contributed by atoms with E-state index in [9.17, 15) is 0 Å². The van der Waals surface area contributed by atoms with Crippen LogP contribution in [0, 0.1) is 0 Å². The van der Waals surface area contributed by atoms with Crippen molar-refractivity contribution < 1.29 is 4.74 Å². The molecular weight excluding hydrogens is 184 g/mol. The molecule has 0 amide bonds. The summed E-state index contributed by atoms with van der Waals surface area (Å²) in [6, 6.07) is 6.45. The van der Waals surface area contributed by atoms with E-state index in [4.69, 9.17) is 4.74 Å². The molecule has 1 aromatic rings. The highest BCUT2D eigenvalue weighted by Gasteiger charge is 2.20. The van der Waals surface area contributed by atoms with E-state index < -0.39 is 0 Å². The van der Waals surface area contributed by atoms with Crippen LogP contribution in [-0.4, -0.2) is 7.11 Å². The van der Waals surface area contributed by atoms with Gasteiger partial charge in [-0.25, -0.2) is 0 Å². The second-order valence-corrected chi connectivity index (χ2v) is 4.45. The molecule has 0 aromatic heterocycles. The number of ether oxygens (including phenoxy) is 1. The summed E-state index contributed by atoms with van der Waals surface area (Å²) < 4.78 is 5.24. The lowest BCUT2D eigenvalue weighted by molar-refractivity contribution is 0.414. The quantitative estimate of drug-likeness (QED) is 0.664. The first-order valence-corrected chi connectivity index (χ1v) is 5.52. The van der Waals surface area contributed by atoms with Gasteiger partial charge in [0.15, 0.2) is 0 Å². The van der Waals surface area contributed by atoms with E-state index in [0.29, 0.717) is 5.92 Å². The molecule has 0 bridgehead atoms. The van der Waals surface area contributed by atoms with E-state index in [1.165, 1.54) is 29.5 Å². The molecule has 1 unspecified atom stereocenters. The molecule has 0 saturated heterocycles. The number of hydrogen-bond acceptors (Lipinski definition) is 1. The van der Waals surface area contributed by atoms with Crippen LogP contribution >= 0.6 is 0 Å². The summed E-state index contributed by atoms with van der Waals surface area (Å²) in [5, 5.41) is 0. The standard InChI is InChI=1S/C14H18O/c1-10(2)8-11-4-5-12-9-13(15-3)6-7-14(11)12/h6-9,11H,4-5H2,1-3H3. The van der Waals surface area contributed by atoms with Gasteiger partial charge in [-0.2, -0.15) is 0 Å². The van der Waals surface area contributed by atoms with Gasteiger partial charge in [0.2, 0.25) is 0 Å². The van der Waals surface area contributed by atoms with Crippen molar-refractivity contribution in [3.05, 3.63) is 41.0 Å². The normalized spacial score (nSPS) is 18.5. The fourth-order valence-corrected chi connectivity index (χ4v) is 2.33. The maximum Gasteiger partial charge on any atom is 0.119 e. The molecule has 15 heavy (non-hydrogen) atoms. The van der Waals surface area contributed by atoms with Crippen LogP contribution in [0.25, 0.3) is 0 Å². The highest BCUT2D eigenvalue weighted by Crippen LogP contribution is 2.36. The Bertz CT molecular complexity index is 386. The molecule has 1 atom stereocenters. The minimum absolute atomic E-state index is 0.621. The minimum Gasteiger partial charge on any atom is -0.497 e. The largest absolute Gasteiger partial charge is 0.497 e. The number of rotatable bonds is 2. The van der Waals surface area contributed by atoms with Crippen LogP contribution in [0.5, 0.6) is 5.75 Å². The maximum atomic E-state index is 5.24. The molecule has 2 rings (SSSR count). The molecule has 1 aliphatic carbocycles. The van der Waals surface area contributed by atoms with Crippen LogP contribution in [0.4, 0.5) is 0 Å². The zero-order valence-corrected chi connectivity index (χ0v) is 9.71. The van der Waals surface area contributed by atoms with Gasteiger partial charge >= 0.3 is 0 Å². The average molecular weight is 202 g/mol. The number of methoxy groups -OCH3 is 1. The van der Waals surface area contributed by atoms with Crippen LogP contribution in [0.1, 0.15) is 37.3 Å². The summed E-state index contributed by atoms with van der Waals surface area (Å²) >= 11 is 0. The van der Waals surface area contributed by atoms with E-state index in [2.05, 4.69) is 38.1 Å². The van der Waals surface area contributed by atoms with E-state index in [0.717, 1.165) is 5.75 Å². The molecule has 0 aliphatic heterocycles. The lowest BCUT2D eigenvalue weighted by Gasteiger charge is -2.08. The van der Waals surface area contributed by atoms with Gasteiger partial charge in [-0.1, -0.05) is 17.7 Å². The van der Waals surface area contributed by atoms with Gasteiger partial charge in [-0.05, 0) is 49.9 Å². The van der Waals surface area contributed by atoms with Crippen molar-refractivity contribution in [2.45, 2.75) is 32.6 Å². The van der Waals surface area contributed by atoms with Crippen molar-refractivity contribution in [1.29, 1.82) is 0 Å². The molecule has 0 heterocycles. The highest BCUT2D eigenvalue weighted by molar-refractivity contribution is 5.43. The lowest BCUT2D eigenvalue weighted by Crippen LogP contribution is -1.90. The molecule has 1 heteroatoms. The zero-order valence-electron chi connectivity index (χ0n) is 9.71. The minimum atomic E-state index is 0.621. The second kappa shape index (κ2) is 4.09. The van der Waals surface area contributed by atoms with Crippen LogP contribution in [0.15, 0.2) is 29.8 Å². The van der Waals surface area contributed by atoms with Crippen LogP contribution in [-0.2, 0) is 6.42 Å². The topological polar surface area (TPSA) is 9.23 Å². The fraction of sp³-hybridized carbons (Fsp3) is 0.429. The van der Waals surface area contributed by atoms with Crippen molar-refractivity contribution in [3.63, 3.8) is 0 Å². The summed E-state index contributed by atoms with van der Waals surface area (Å²) in [4.78, 5) is 0. The van der Waals surface area contributed by atoms with Gasteiger partial charge in [0.25, 0.3) is 0 Å². The Kier molecular flexibility index (Phi) is 2.81. The SMILES string of the molecule is COc1ccc2c(c1)CCC2C=C(C)C. The molecule has 1 aromatic carbocycles. The van der Waals surface area contributed by atoms with Gasteiger partial charge in [0, 0.05) is 5.92 Å². The van der Waals surface area contributed by atoms with E-state index >= 15 is 0 Å². The summed E-state index contributed by atoms with van der Waals surface area (Å²) in [5.41, 5.74) is 4.34. The predicted octanol–water partition coefficient (Wildman–Crippen LogP) is 3.69. The van der Waals surface area contributed by atoms with Crippen molar-refractivity contribution in [3.8, 4) is 5.75 Å². The summed E-state index contributed by atoms with van der Waals surface area (Å²) in [6.45, 7) is 4.34. The van der Waals surface area contributed by atoms with E-state index in [1.807, 2.05) is 0 Å². The Balaban J connectivity index is 2.32. The summed E-state index contributed by atoms with van der Waals surface area (Å²) in [7, 11) is 1.73. The monoisotopic (exact) mass is 202 g/mol. The summed E-state index contributed by atoms with van der Waals surface area (Å²) in [6.07, 6.45) is 4.80. The van der Waals surface area contributed by atoms with Gasteiger partial charge < -0.3 is 4.74 Å². The van der Waals surface area contributed by atoms with Gasteiger partial charge in [0.1, 0.15) is 5.75 Å². The predicted molar refractivity (Wildman–Crippen MR) is 63.5 cm³/mol. The number of aryl methyl sites for hydroxylation is 1. The van der Waals surface area contributed by atoms with Crippen LogP contribution in [0.3, 0.4) is 0 Å². The van der Waals surface area contributed by atoms with Gasteiger partial charge in [-0.15, -0.1) is 0 Å². The molecular formula is C14H18O. The maximum absolute atomic E-state index is 5.24. The van der Waals surface area contributed by atoms with Crippen molar-refractivity contribution in [1.82, 2.24) is 0 Å². The molecule has 0 spiro atoms. The van der Waals surface area contributed by atoms with Gasteiger partial charge in [0.05, 0.1) is 7.11 Å². The third kappa shape index (κ3) is 2.06. The summed E-state index contributed by atoms with van der Waals surface area (Å²) in [5.74, 6) is 1.60. The number of hydrogen-bond donors (Lipinski definition) is 0. The van der Waals surface area contributed by atoms with E-state index in [1.54, 1.807) is 7.11 Å². The van der Waals surface area contributed by atoms with Crippen molar-refractivity contribution >= 4 is 0 Å². The molecule has 1 aliphatic rings. The highest BCUT2D eigenvalue weighted by atomic mass is 16.5. The molecule has 0 N–H and O–H groups in total. The van der Waals surface area contributed by atoms with Crippen molar-refractivity contribution in [2.75, 3.05) is 7.11 Å². The van der Waals surface area contributed by atoms with Crippen molar-refractivity contribution in [2.24, 2.45) is 0 Å². The van der Waals surface area contributed by atoms with Crippen LogP contribution < -0.4 is 4.74 Å². The molecule has 80 valence electrons. The molecule has 0 saturated carbocycles. The first-order valence-electron chi connectivity index (χ1n) is 5.52. The Morgan fingerprint density at radius 1 is 1.40 bits per heavy atom. The van der Waals surface area contributed by atoms with E-state index in [-0.39, 0.29) is 0 Å². The zero-order chi connectivity index (χ0) is 10.8. The fourth-order valence-electron chi connectivity index (χ4n) is 2.33. The smallest absolute Gasteiger partial charge is 0.119 e. The third-order valence-corrected chi connectivity index (χ3v) is 3.01. The molecule has 0 fully saturated rings. The Labute approximate surface area is 91.8 Å². The number of benzene rings is 1. The Morgan fingerprint density at radius 3 is 2.87 bits per heavy atom. The Hall–Kier alpha value is -1.24. The molecule has 0 radical (unpaired) electrons.